The summed E-state index contributed by atoms with van der Waals surface area (Å²) in [6, 6.07) is 5.47. The van der Waals surface area contributed by atoms with Gasteiger partial charge in [0.05, 0.1) is 6.61 Å². The van der Waals surface area contributed by atoms with Gasteiger partial charge in [-0.05, 0) is 31.9 Å². The van der Waals surface area contributed by atoms with E-state index in [0.29, 0.717) is 6.61 Å². The molecule has 0 aliphatic rings. The number of halogens is 1. The van der Waals surface area contributed by atoms with Crippen LogP contribution in [0, 0.1) is 13.8 Å². The first-order valence-corrected chi connectivity index (χ1v) is 5.67. The molecule has 0 saturated carbocycles. The Morgan fingerprint density at radius 1 is 1.37 bits per heavy atom. The van der Waals surface area contributed by atoms with Gasteiger partial charge < -0.3 is 5.32 Å². The number of rotatable bonds is 5. The maximum Gasteiger partial charge on any atom is 0.324 e. The van der Waals surface area contributed by atoms with Gasteiger partial charge in [-0.1, -0.05) is 18.2 Å². The second-order valence-electron chi connectivity index (χ2n) is 3.65. The van der Waals surface area contributed by atoms with Gasteiger partial charge in [0.15, 0.2) is 0 Å². The average molecular weight is 287 g/mol. The van der Waals surface area contributed by atoms with Gasteiger partial charge in [-0.25, -0.2) is 4.79 Å². The zero-order valence-electron chi connectivity index (χ0n) is 11.2. The molecule has 106 valence electrons. The lowest BCUT2D eigenvalue weighted by Gasteiger charge is -2.10. The Bertz CT molecular complexity index is 417. The van der Waals surface area contributed by atoms with E-state index in [1.807, 2.05) is 39.0 Å². The molecule has 0 saturated heterocycles. The quantitative estimate of drug-likeness (QED) is 0.337. The molecule has 0 fully saturated rings. The SMILES string of the molecule is CCONN=CNC(=O)Nc1c(C)cccc1C.Cl. The van der Waals surface area contributed by atoms with Crippen molar-refractivity contribution in [1.82, 2.24) is 10.9 Å². The Kier molecular flexibility index (Phi) is 8.32. The largest absolute Gasteiger partial charge is 0.324 e. The molecule has 0 heterocycles. The number of aryl methyl sites for hydroxylation is 2. The highest BCUT2D eigenvalue weighted by atomic mass is 35.5. The molecule has 0 radical (unpaired) electrons. The van der Waals surface area contributed by atoms with Crippen LogP contribution in [0.5, 0.6) is 0 Å². The van der Waals surface area contributed by atoms with Gasteiger partial charge in [-0.3, -0.25) is 10.2 Å². The Morgan fingerprint density at radius 2 is 2.00 bits per heavy atom. The highest BCUT2D eigenvalue weighted by Crippen LogP contribution is 2.18. The van der Waals surface area contributed by atoms with Crippen molar-refractivity contribution in [1.29, 1.82) is 0 Å². The van der Waals surface area contributed by atoms with Crippen LogP contribution in [-0.2, 0) is 4.84 Å². The molecule has 7 heteroatoms. The molecule has 1 rings (SSSR count). The van der Waals surface area contributed by atoms with Crippen LogP contribution >= 0.6 is 12.4 Å². The average Bonchev–Trinajstić information content (AvgIpc) is 2.34. The third-order valence-electron chi connectivity index (χ3n) is 2.24. The fraction of sp³-hybridized carbons (Fsp3) is 0.333. The molecule has 1 aromatic carbocycles. The molecule has 6 nitrogen and oxygen atoms in total. The number of hydrogen-bond donors (Lipinski definition) is 3. The van der Waals surface area contributed by atoms with Crippen molar-refractivity contribution in [3.63, 3.8) is 0 Å². The predicted octanol–water partition coefficient (Wildman–Crippen LogP) is 2.33. The van der Waals surface area contributed by atoms with Crippen molar-refractivity contribution >= 4 is 30.5 Å². The summed E-state index contributed by atoms with van der Waals surface area (Å²) in [5.41, 5.74) is 5.13. The molecule has 0 unspecified atom stereocenters. The minimum absolute atomic E-state index is 0. The fourth-order valence-corrected chi connectivity index (χ4v) is 1.38. The van der Waals surface area contributed by atoms with Crippen molar-refractivity contribution in [2.24, 2.45) is 5.10 Å². The number of anilines is 1. The number of benzene rings is 1. The lowest BCUT2D eigenvalue weighted by molar-refractivity contribution is 0.0534. The van der Waals surface area contributed by atoms with Crippen molar-refractivity contribution < 1.29 is 9.63 Å². The van der Waals surface area contributed by atoms with Crippen LogP contribution < -0.4 is 16.2 Å². The summed E-state index contributed by atoms with van der Waals surface area (Å²) >= 11 is 0. The number of carbonyl (C=O) groups is 1. The molecule has 3 N–H and O–H groups in total. The molecule has 0 aromatic heterocycles. The van der Waals surface area contributed by atoms with E-state index >= 15 is 0 Å². The number of para-hydroxylation sites is 1. The highest BCUT2D eigenvalue weighted by molar-refractivity contribution is 5.97. The van der Waals surface area contributed by atoms with Crippen LogP contribution in [0.25, 0.3) is 0 Å². The van der Waals surface area contributed by atoms with Crippen molar-refractivity contribution in [3.05, 3.63) is 29.3 Å². The lowest BCUT2D eigenvalue weighted by Crippen LogP contribution is -2.28. The topological polar surface area (TPSA) is 74.8 Å². The molecule has 1 aromatic rings. The summed E-state index contributed by atoms with van der Waals surface area (Å²) in [6.45, 7) is 6.19. The van der Waals surface area contributed by atoms with E-state index in [1.165, 1.54) is 6.34 Å². The molecule has 2 amide bonds. The number of carbonyl (C=O) groups excluding carboxylic acids is 1. The van der Waals surface area contributed by atoms with Gasteiger partial charge in [-0.15, -0.1) is 17.5 Å². The molecule has 0 aliphatic carbocycles. The fourth-order valence-electron chi connectivity index (χ4n) is 1.38. The molecular formula is C12H19ClN4O2. The predicted molar refractivity (Wildman–Crippen MR) is 78.6 cm³/mol. The van der Waals surface area contributed by atoms with Gasteiger partial charge >= 0.3 is 6.03 Å². The Labute approximate surface area is 119 Å². The van der Waals surface area contributed by atoms with E-state index in [2.05, 4.69) is 21.3 Å². The summed E-state index contributed by atoms with van der Waals surface area (Å²) in [5, 5.41) is 8.84. The summed E-state index contributed by atoms with van der Waals surface area (Å²) in [4.78, 5) is 16.3. The summed E-state index contributed by atoms with van der Waals surface area (Å²) in [6.07, 6.45) is 1.22. The van der Waals surface area contributed by atoms with Crippen LogP contribution in [0.1, 0.15) is 18.1 Å². The van der Waals surface area contributed by atoms with E-state index < -0.39 is 0 Å². The van der Waals surface area contributed by atoms with Gasteiger partial charge in [0.25, 0.3) is 0 Å². The summed E-state index contributed by atoms with van der Waals surface area (Å²) < 4.78 is 0. The van der Waals surface area contributed by atoms with E-state index in [9.17, 15) is 4.79 Å². The molecule has 0 spiro atoms. The van der Waals surface area contributed by atoms with Crippen molar-refractivity contribution in [2.45, 2.75) is 20.8 Å². The third kappa shape index (κ3) is 6.08. The van der Waals surface area contributed by atoms with Gasteiger partial charge in [0, 0.05) is 5.69 Å². The lowest BCUT2D eigenvalue weighted by atomic mass is 10.1. The Hall–Kier alpha value is -1.79. The van der Waals surface area contributed by atoms with E-state index in [1.54, 1.807) is 0 Å². The second kappa shape index (κ2) is 9.18. The van der Waals surface area contributed by atoms with E-state index in [4.69, 9.17) is 4.84 Å². The second-order valence-corrected chi connectivity index (χ2v) is 3.65. The molecule has 19 heavy (non-hydrogen) atoms. The van der Waals surface area contributed by atoms with Crippen LogP contribution in [0.3, 0.4) is 0 Å². The van der Waals surface area contributed by atoms with Gasteiger partial charge in [-0.2, -0.15) is 5.59 Å². The highest BCUT2D eigenvalue weighted by Gasteiger charge is 2.05. The molecule has 0 atom stereocenters. The first kappa shape index (κ1) is 17.2. The summed E-state index contributed by atoms with van der Waals surface area (Å²) in [5.74, 6) is 0. The van der Waals surface area contributed by atoms with Crippen molar-refractivity contribution in [2.75, 3.05) is 11.9 Å². The molecule has 0 bridgehead atoms. The number of nitrogens with zero attached hydrogens (tertiary/aromatic N) is 1. The van der Waals surface area contributed by atoms with Gasteiger partial charge in [0.2, 0.25) is 0 Å². The normalized spacial score (nSPS) is 9.84. The van der Waals surface area contributed by atoms with E-state index in [0.717, 1.165) is 16.8 Å². The smallest absolute Gasteiger partial charge is 0.307 e. The first-order valence-electron chi connectivity index (χ1n) is 5.67. The third-order valence-corrected chi connectivity index (χ3v) is 2.24. The van der Waals surface area contributed by atoms with Crippen LogP contribution in [0.4, 0.5) is 10.5 Å². The number of nitrogens with one attached hydrogen (secondary N) is 3. The number of hydrogen-bond acceptors (Lipinski definition) is 4. The summed E-state index contributed by atoms with van der Waals surface area (Å²) in [7, 11) is 0. The van der Waals surface area contributed by atoms with E-state index in [-0.39, 0.29) is 18.4 Å². The number of hydrazone groups is 1. The minimum Gasteiger partial charge on any atom is -0.307 e. The molecule has 0 aliphatic heterocycles. The standard InChI is InChI=1S/C12H18N4O2.ClH/c1-4-18-16-14-8-13-12(17)15-11-9(2)6-5-7-10(11)3;/h5-8,16H,4H2,1-3H3,(H2,13,14,15,17);1H. The zero-order chi connectivity index (χ0) is 13.4. The van der Waals surface area contributed by atoms with Crippen molar-refractivity contribution in [3.8, 4) is 0 Å². The first-order chi connectivity index (χ1) is 8.65. The Balaban J connectivity index is 0.00000324. The zero-order valence-corrected chi connectivity index (χ0v) is 12.0. The maximum absolute atomic E-state index is 11.6. The monoisotopic (exact) mass is 286 g/mol. The van der Waals surface area contributed by atoms with Crippen LogP contribution in [0.15, 0.2) is 23.3 Å². The molecular weight excluding hydrogens is 268 g/mol. The number of urea groups is 1. The van der Waals surface area contributed by atoms with Crippen LogP contribution in [-0.4, -0.2) is 19.0 Å². The Morgan fingerprint density at radius 3 is 2.58 bits per heavy atom. The van der Waals surface area contributed by atoms with Gasteiger partial charge in [0.1, 0.15) is 6.34 Å². The number of amides is 2. The maximum atomic E-state index is 11.6. The minimum atomic E-state index is -0.352. The van der Waals surface area contributed by atoms with Crippen LogP contribution in [0.2, 0.25) is 0 Å².